The van der Waals surface area contributed by atoms with Gasteiger partial charge in [-0.15, -0.1) is 0 Å². The fourth-order valence-electron chi connectivity index (χ4n) is 3.54. The molecule has 1 fully saturated rings. The fraction of sp³-hybridized carbons (Fsp3) is 0.588. The van der Waals surface area contributed by atoms with Crippen molar-refractivity contribution in [1.29, 1.82) is 0 Å². The van der Waals surface area contributed by atoms with Gasteiger partial charge in [-0.05, 0) is 48.4 Å². The number of nitrogens with one attached hydrogen (secondary N) is 2. The summed E-state index contributed by atoms with van der Waals surface area (Å²) in [5.74, 6) is 0.863. The number of amides is 1. The quantitative estimate of drug-likeness (QED) is 0.891. The van der Waals surface area contributed by atoms with E-state index in [1.807, 2.05) is 0 Å². The Hall–Kier alpha value is -1.40. The van der Waals surface area contributed by atoms with Crippen LogP contribution in [0.2, 0.25) is 0 Å². The molecule has 0 saturated heterocycles. The molecule has 0 aromatic heterocycles. The zero-order valence-electron chi connectivity index (χ0n) is 13.6. The highest BCUT2D eigenvalue weighted by Crippen LogP contribution is 2.31. The molecule has 1 aliphatic carbocycles. The normalized spacial score (nSPS) is 28.1. The molecule has 1 saturated carbocycles. The molecule has 1 aromatic rings. The fourth-order valence-corrected chi connectivity index (χ4v) is 4.95. The first-order valence-electron chi connectivity index (χ1n) is 8.32. The zero-order chi connectivity index (χ0) is 16.6. The van der Waals surface area contributed by atoms with E-state index in [1.165, 1.54) is 0 Å². The van der Waals surface area contributed by atoms with Crippen LogP contribution in [-0.4, -0.2) is 20.4 Å². The van der Waals surface area contributed by atoms with E-state index < -0.39 is 10.0 Å². The largest absolute Gasteiger partial charge is 0.326 e. The molecular formula is C17H24N2O3S. The first-order valence-corrected chi connectivity index (χ1v) is 9.80. The van der Waals surface area contributed by atoms with Crippen LogP contribution in [0, 0.1) is 11.8 Å². The Labute approximate surface area is 137 Å². The predicted molar refractivity (Wildman–Crippen MR) is 89.7 cm³/mol. The Morgan fingerprint density at radius 3 is 2.74 bits per heavy atom. The maximum absolute atomic E-state index is 12.7. The molecule has 1 amide bonds. The van der Waals surface area contributed by atoms with Gasteiger partial charge in [-0.1, -0.05) is 26.7 Å². The Bertz CT molecular complexity index is 715. The van der Waals surface area contributed by atoms with Gasteiger partial charge in [-0.25, -0.2) is 13.1 Å². The second-order valence-corrected chi connectivity index (χ2v) is 8.58. The van der Waals surface area contributed by atoms with Crippen molar-refractivity contribution < 1.29 is 13.2 Å². The molecule has 1 aliphatic heterocycles. The minimum atomic E-state index is -3.53. The van der Waals surface area contributed by atoms with Crippen LogP contribution in [0.25, 0.3) is 0 Å². The minimum Gasteiger partial charge on any atom is -0.326 e. The first kappa shape index (κ1) is 16.5. The molecule has 6 heteroatoms. The molecule has 0 bridgehead atoms. The van der Waals surface area contributed by atoms with Crippen LogP contribution in [0.15, 0.2) is 23.1 Å². The molecule has 1 heterocycles. The van der Waals surface area contributed by atoms with Crippen molar-refractivity contribution >= 4 is 21.6 Å². The Morgan fingerprint density at radius 2 is 1.96 bits per heavy atom. The number of anilines is 1. The number of carbonyl (C=O) groups excluding carboxylic acids is 1. The van der Waals surface area contributed by atoms with Crippen molar-refractivity contribution in [3.8, 4) is 0 Å². The topological polar surface area (TPSA) is 75.3 Å². The lowest BCUT2D eigenvalue weighted by molar-refractivity contribution is -0.116. The number of benzene rings is 1. The van der Waals surface area contributed by atoms with Crippen molar-refractivity contribution in [3.63, 3.8) is 0 Å². The lowest BCUT2D eigenvalue weighted by Gasteiger charge is -2.34. The van der Waals surface area contributed by atoms with Crippen LogP contribution in [0.1, 0.15) is 45.1 Å². The van der Waals surface area contributed by atoms with E-state index in [0.29, 0.717) is 24.7 Å². The maximum atomic E-state index is 12.7. The van der Waals surface area contributed by atoms with Crippen molar-refractivity contribution in [2.45, 2.75) is 56.9 Å². The van der Waals surface area contributed by atoms with Gasteiger partial charge in [-0.3, -0.25) is 4.79 Å². The van der Waals surface area contributed by atoms with Crippen LogP contribution in [0.4, 0.5) is 5.69 Å². The SMILES string of the molecule is C[C@@H]1[C@H](C)CCC[C@H]1NS(=O)(=O)c1ccc2c(c1)CCC(=O)N2. The van der Waals surface area contributed by atoms with Crippen LogP contribution in [0.5, 0.6) is 0 Å². The van der Waals surface area contributed by atoms with Crippen LogP contribution in [0.3, 0.4) is 0 Å². The maximum Gasteiger partial charge on any atom is 0.240 e. The van der Waals surface area contributed by atoms with Crippen molar-refractivity contribution in [2.75, 3.05) is 5.32 Å². The molecule has 0 spiro atoms. The number of hydrogen-bond donors (Lipinski definition) is 2. The van der Waals surface area contributed by atoms with E-state index >= 15 is 0 Å². The first-order chi connectivity index (χ1) is 10.9. The number of sulfonamides is 1. The summed E-state index contributed by atoms with van der Waals surface area (Å²) in [5.41, 5.74) is 1.61. The summed E-state index contributed by atoms with van der Waals surface area (Å²) in [6.07, 6.45) is 4.11. The number of rotatable bonds is 3. The number of fused-ring (bicyclic) bond motifs is 1. The standard InChI is InChI=1S/C17H24N2O3S/c1-11-4-3-5-15(12(11)2)19-23(21,22)14-7-8-16-13(10-14)6-9-17(20)18-16/h7-8,10-12,15,19H,3-6,9H2,1-2H3,(H,18,20)/t11-,12-,15-/m1/s1. The molecule has 1 aromatic carbocycles. The summed E-state index contributed by atoms with van der Waals surface area (Å²) in [6.45, 7) is 4.31. The Morgan fingerprint density at radius 1 is 1.17 bits per heavy atom. The highest BCUT2D eigenvalue weighted by molar-refractivity contribution is 7.89. The van der Waals surface area contributed by atoms with Crippen molar-refractivity contribution in [2.24, 2.45) is 11.8 Å². The molecule has 3 atom stereocenters. The Kier molecular flexibility index (Phi) is 4.47. The lowest BCUT2D eigenvalue weighted by atomic mass is 9.78. The van der Waals surface area contributed by atoms with E-state index in [4.69, 9.17) is 0 Å². The van der Waals surface area contributed by atoms with Gasteiger partial charge < -0.3 is 5.32 Å². The lowest BCUT2D eigenvalue weighted by Crippen LogP contribution is -2.43. The molecule has 0 radical (unpaired) electrons. The number of aryl methyl sites for hydroxylation is 1. The van der Waals surface area contributed by atoms with Gasteiger partial charge in [0.15, 0.2) is 0 Å². The van der Waals surface area contributed by atoms with Crippen LogP contribution >= 0.6 is 0 Å². The van der Waals surface area contributed by atoms with E-state index in [2.05, 4.69) is 23.9 Å². The average molecular weight is 336 g/mol. The summed E-state index contributed by atoms with van der Waals surface area (Å²) < 4.78 is 28.3. The third kappa shape index (κ3) is 3.43. The molecule has 5 nitrogen and oxygen atoms in total. The van der Waals surface area contributed by atoms with Gasteiger partial charge in [0.25, 0.3) is 0 Å². The minimum absolute atomic E-state index is 0.000477. The molecule has 3 rings (SSSR count). The molecule has 0 unspecified atom stereocenters. The van der Waals surface area contributed by atoms with E-state index in [0.717, 1.165) is 30.5 Å². The summed E-state index contributed by atoms with van der Waals surface area (Å²) >= 11 is 0. The molecule has 23 heavy (non-hydrogen) atoms. The van der Waals surface area contributed by atoms with E-state index in [-0.39, 0.29) is 16.8 Å². The molecule has 2 N–H and O–H groups in total. The predicted octanol–water partition coefficient (Wildman–Crippen LogP) is 2.67. The van der Waals surface area contributed by atoms with Gasteiger partial charge in [0.1, 0.15) is 0 Å². The molecular weight excluding hydrogens is 312 g/mol. The summed E-state index contributed by atoms with van der Waals surface area (Å²) in [5, 5.41) is 2.78. The monoisotopic (exact) mass is 336 g/mol. The smallest absolute Gasteiger partial charge is 0.240 e. The van der Waals surface area contributed by atoms with Gasteiger partial charge >= 0.3 is 0 Å². The third-order valence-electron chi connectivity index (χ3n) is 5.30. The third-order valence-corrected chi connectivity index (χ3v) is 6.78. The second kappa shape index (κ2) is 6.24. The van der Waals surface area contributed by atoms with Crippen molar-refractivity contribution in [3.05, 3.63) is 23.8 Å². The second-order valence-electron chi connectivity index (χ2n) is 6.86. The average Bonchev–Trinajstić information content (AvgIpc) is 2.51. The number of hydrogen-bond acceptors (Lipinski definition) is 3. The summed E-state index contributed by atoms with van der Waals surface area (Å²) in [4.78, 5) is 11.7. The van der Waals surface area contributed by atoms with Gasteiger partial charge in [0.05, 0.1) is 4.90 Å². The van der Waals surface area contributed by atoms with Gasteiger partial charge in [0.2, 0.25) is 15.9 Å². The van der Waals surface area contributed by atoms with Crippen LogP contribution in [-0.2, 0) is 21.2 Å². The Balaban J connectivity index is 1.81. The zero-order valence-corrected chi connectivity index (χ0v) is 14.4. The molecule has 126 valence electrons. The van der Waals surface area contributed by atoms with E-state index in [1.54, 1.807) is 18.2 Å². The summed E-state index contributed by atoms with van der Waals surface area (Å²) in [6, 6.07) is 4.95. The highest BCUT2D eigenvalue weighted by atomic mass is 32.2. The molecule has 2 aliphatic rings. The van der Waals surface area contributed by atoms with Gasteiger partial charge in [0, 0.05) is 18.2 Å². The summed E-state index contributed by atoms with van der Waals surface area (Å²) in [7, 11) is -3.53. The number of carbonyl (C=O) groups is 1. The van der Waals surface area contributed by atoms with Crippen LogP contribution < -0.4 is 10.0 Å². The van der Waals surface area contributed by atoms with Gasteiger partial charge in [-0.2, -0.15) is 0 Å². The highest BCUT2D eigenvalue weighted by Gasteiger charge is 2.31. The van der Waals surface area contributed by atoms with Crippen molar-refractivity contribution in [1.82, 2.24) is 4.72 Å². The van der Waals surface area contributed by atoms with E-state index in [9.17, 15) is 13.2 Å².